The molecule has 1 rings (SSSR count). The van der Waals surface area contributed by atoms with Crippen molar-refractivity contribution in [2.45, 2.75) is 32.1 Å². The molecule has 1 saturated heterocycles. The molecule has 1 aliphatic heterocycles. The lowest BCUT2D eigenvalue weighted by molar-refractivity contribution is -0.133. The number of amides is 1. The molecule has 5 nitrogen and oxygen atoms in total. The standard InChI is InChI=1S/C9H18N2O3/c1-5(2)8(10)9(14)11-3-6(12)7(13)4-11/h5-8,12-13H,3-4,10H2,1-2H3. The molecule has 0 aromatic carbocycles. The number of aliphatic hydroxyl groups is 2. The van der Waals surface area contributed by atoms with Crippen LogP contribution in [-0.2, 0) is 4.79 Å². The van der Waals surface area contributed by atoms with Gasteiger partial charge in [-0.25, -0.2) is 0 Å². The lowest BCUT2D eigenvalue weighted by atomic mass is 10.0. The van der Waals surface area contributed by atoms with E-state index in [4.69, 9.17) is 5.73 Å². The molecule has 1 heterocycles. The van der Waals surface area contributed by atoms with E-state index in [0.717, 1.165) is 0 Å². The van der Waals surface area contributed by atoms with E-state index < -0.39 is 18.2 Å². The van der Waals surface area contributed by atoms with Crippen molar-refractivity contribution in [2.24, 2.45) is 11.7 Å². The lowest BCUT2D eigenvalue weighted by Crippen LogP contribution is -2.46. The summed E-state index contributed by atoms with van der Waals surface area (Å²) in [5, 5.41) is 18.5. The monoisotopic (exact) mass is 202 g/mol. The van der Waals surface area contributed by atoms with Gasteiger partial charge in [0, 0.05) is 13.1 Å². The quantitative estimate of drug-likeness (QED) is 0.510. The summed E-state index contributed by atoms with van der Waals surface area (Å²) in [7, 11) is 0. The van der Waals surface area contributed by atoms with Crippen molar-refractivity contribution < 1.29 is 15.0 Å². The molecule has 4 N–H and O–H groups in total. The fourth-order valence-electron chi connectivity index (χ4n) is 1.45. The van der Waals surface area contributed by atoms with Crippen LogP contribution in [0.3, 0.4) is 0 Å². The minimum atomic E-state index is -0.835. The summed E-state index contributed by atoms with van der Waals surface area (Å²) in [6.45, 7) is 4.10. The minimum absolute atomic E-state index is 0.0670. The maximum absolute atomic E-state index is 11.7. The number of hydrogen-bond acceptors (Lipinski definition) is 4. The van der Waals surface area contributed by atoms with E-state index in [1.54, 1.807) is 0 Å². The Balaban J connectivity index is 2.55. The van der Waals surface area contributed by atoms with Gasteiger partial charge in [0.25, 0.3) is 0 Å². The van der Waals surface area contributed by atoms with E-state index in [9.17, 15) is 15.0 Å². The zero-order valence-corrected chi connectivity index (χ0v) is 8.55. The first-order valence-electron chi connectivity index (χ1n) is 4.84. The fourth-order valence-corrected chi connectivity index (χ4v) is 1.45. The summed E-state index contributed by atoms with van der Waals surface area (Å²) in [5.41, 5.74) is 5.68. The van der Waals surface area contributed by atoms with Crippen molar-refractivity contribution in [3.63, 3.8) is 0 Å². The van der Waals surface area contributed by atoms with Gasteiger partial charge in [-0.05, 0) is 5.92 Å². The largest absolute Gasteiger partial charge is 0.388 e. The molecule has 0 bridgehead atoms. The third-order valence-electron chi connectivity index (χ3n) is 2.57. The van der Waals surface area contributed by atoms with Crippen LogP contribution in [0.2, 0.25) is 0 Å². The van der Waals surface area contributed by atoms with Crippen LogP contribution in [-0.4, -0.2) is 52.4 Å². The Morgan fingerprint density at radius 2 is 1.79 bits per heavy atom. The molecule has 0 spiro atoms. The summed E-state index contributed by atoms with van der Waals surface area (Å²) in [6, 6.07) is -0.549. The second-order valence-electron chi connectivity index (χ2n) is 4.15. The Kier molecular flexibility index (Phi) is 3.47. The number of aliphatic hydroxyl groups excluding tert-OH is 2. The second kappa shape index (κ2) is 4.25. The first kappa shape index (κ1) is 11.4. The number of β-amino-alcohol motifs (C(OH)–C–C–N with tert-alkyl or cyclic N) is 2. The Hall–Kier alpha value is -0.650. The zero-order valence-electron chi connectivity index (χ0n) is 8.55. The highest BCUT2D eigenvalue weighted by Crippen LogP contribution is 2.13. The molecule has 14 heavy (non-hydrogen) atoms. The predicted molar refractivity (Wildman–Crippen MR) is 51.4 cm³/mol. The van der Waals surface area contributed by atoms with E-state index in [1.165, 1.54) is 4.90 Å². The third kappa shape index (κ3) is 2.23. The van der Waals surface area contributed by atoms with Crippen LogP contribution in [0.15, 0.2) is 0 Å². The molecular formula is C9H18N2O3. The topological polar surface area (TPSA) is 86.8 Å². The molecule has 3 atom stereocenters. The molecule has 82 valence electrons. The lowest BCUT2D eigenvalue weighted by Gasteiger charge is -2.22. The number of likely N-dealkylation sites (tertiary alicyclic amines) is 1. The fraction of sp³-hybridized carbons (Fsp3) is 0.889. The first-order chi connectivity index (χ1) is 6.43. The van der Waals surface area contributed by atoms with Gasteiger partial charge in [-0.1, -0.05) is 13.8 Å². The van der Waals surface area contributed by atoms with E-state index in [1.807, 2.05) is 13.8 Å². The van der Waals surface area contributed by atoms with Gasteiger partial charge in [-0.3, -0.25) is 4.79 Å². The molecule has 0 aromatic rings. The van der Waals surface area contributed by atoms with Crippen LogP contribution < -0.4 is 5.73 Å². The molecule has 1 amide bonds. The average Bonchev–Trinajstić information content (AvgIpc) is 2.44. The third-order valence-corrected chi connectivity index (χ3v) is 2.57. The molecule has 1 fully saturated rings. The molecule has 1 aliphatic rings. The highest BCUT2D eigenvalue weighted by atomic mass is 16.3. The maximum atomic E-state index is 11.7. The highest BCUT2D eigenvalue weighted by molar-refractivity contribution is 5.82. The van der Waals surface area contributed by atoms with Crippen molar-refractivity contribution in [3.05, 3.63) is 0 Å². The summed E-state index contributed by atoms with van der Waals surface area (Å²) < 4.78 is 0. The SMILES string of the molecule is CC(C)C(N)C(=O)N1CC(O)C(O)C1. The van der Waals surface area contributed by atoms with Gasteiger partial charge in [-0.15, -0.1) is 0 Å². The van der Waals surface area contributed by atoms with Gasteiger partial charge in [0.15, 0.2) is 0 Å². The summed E-state index contributed by atoms with van der Waals surface area (Å²) in [4.78, 5) is 13.1. The number of carbonyl (C=O) groups is 1. The Morgan fingerprint density at radius 1 is 1.36 bits per heavy atom. The molecule has 0 aromatic heterocycles. The van der Waals surface area contributed by atoms with Gasteiger partial charge in [0.2, 0.25) is 5.91 Å². The molecule has 0 radical (unpaired) electrons. The number of rotatable bonds is 2. The molecule has 0 aliphatic carbocycles. The van der Waals surface area contributed by atoms with E-state index in [2.05, 4.69) is 0 Å². The number of nitrogens with zero attached hydrogens (tertiary/aromatic N) is 1. The van der Waals surface area contributed by atoms with Crippen LogP contribution in [0.5, 0.6) is 0 Å². The maximum Gasteiger partial charge on any atom is 0.239 e. The van der Waals surface area contributed by atoms with Crippen LogP contribution >= 0.6 is 0 Å². The van der Waals surface area contributed by atoms with Gasteiger partial charge >= 0.3 is 0 Å². The van der Waals surface area contributed by atoms with Crippen molar-refractivity contribution in [2.75, 3.05) is 13.1 Å². The smallest absolute Gasteiger partial charge is 0.239 e. The minimum Gasteiger partial charge on any atom is -0.388 e. The molecule has 3 unspecified atom stereocenters. The Bertz CT molecular complexity index is 210. The van der Waals surface area contributed by atoms with Gasteiger partial charge in [-0.2, -0.15) is 0 Å². The summed E-state index contributed by atoms with van der Waals surface area (Å²) >= 11 is 0. The van der Waals surface area contributed by atoms with Gasteiger partial charge in [0.05, 0.1) is 18.2 Å². The van der Waals surface area contributed by atoms with Gasteiger partial charge in [0.1, 0.15) is 0 Å². The Labute approximate surface area is 83.5 Å². The number of nitrogens with two attached hydrogens (primary N) is 1. The van der Waals surface area contributed by atoms with Crippen LogP contribution in [0, 0.1) is 5.92 Å². The summed E-state index contributed by atoms with van der Waals surface area (Å²) in [5.74, 6) is -0.131. The normalized spacial score (nSPS) is 29.7. The van der Waals surface area contributed by atoms with Crippen LogP contribution in [0.1, 0.15) is 13.8 Å². The first-order valence-corrected chi connectivity index (χ1v) is 4.84. The van der Waals surface area contributed by atoms with Crippen molar-refractivity contribution in [1.82, 2.24) is 4.90 Å². The van der Waals surface area contributed by atoms with E-state index in [-0.39, 0.29) is 24.9 Å². The van der Waals surface area contributed by atoms with Crippen molar-refractivity contribution >= 4 is 5.91 Å². The van der Waals surface area contributed by atoms with Crippen LogP contribution in [0.25, 0.3) is 0 Å². The van der Waals surface area contributed by atoms with Gasteiger partial charge < -0.3 is 20.8 Å². The predicted octanol–water partition coefficient (Wildman–Crippen LogP) is -1.47. The molecule has 0 saturated carbocycles. The van der Waals surface area contributed by atoms with Crippen molar-refractivity contribution in [3.8, 4) is 0 Å². The molecule has 5 heteroatoms. The number of carbonyl (C=O) groups excluding carboxylic acids is 1. The van der Waals surface area contributed by atoms with Crippen molar-refractivity contribution in [1.29, 1.82) is 0 Å². The van der Waals surface area contributed by atoms with Crippen LogP contribution in [0.4, 0.5) is 0 Å². The second-order valence-corrected chi connectivity index (χ2v) is 4.15. The van der Waals surface area contributed by atoms with E-state index in [0.29, 0.717) is 0 Å². The Morgan fingerprint density at radius 3 is 2.14 bits per heavy atom. The zero-order chi connectivity index (χ0) is 10.9. The number of hydrogen-bond donors (Lipinski definition) is 3. The average molecular weight is 202 g/mol. The highest BCUT2D eigenvalue weighted by Gasteiger charge is 2.35. The van der Waals surface area contributed by atoms with E-state index >= 15 is 0 Å². The molecular weight excluding hydrogens is 184 g/mol. The summed E-state index contributed by atoms with van der Waals surface area (Å²) in [6.07, 6.45) is -1.67.